The molecular formula is C10H21NO3S. The fourth-order valence-corrected chi connectivity index (χ4v) is 1.68. The van der Waals surface area contributed by atoms with Crippen LogP contribution in [0.3, 0.4) is 0 Å². The summed E-state index contributed by atoms with van der Waals surface area (Å²) in [6.45, 7) is 4.59. The Labute approximate surface area is 95.8 Å². The van der Waals surface area contributed by atoms with E-state index < -0.39 is 0 Å². The highest BCUT2D eigenvalue weighted by Crippen LogP contribution is 2.03. The zero-order valence-corrected chi connectivity index (χ0v) is 10.5. The SMILES string of the molecule is COCCSCC(=O)NC(CO)C(C)C. The Morgan fingerprint density at radius 3 is 2.67 bits per heavy atom. The number of nitrogens with one attached hydrogen (secondary N) is 1. The molecule has 0 saturated heterocycles. The first kappa shape index (κ1) is 14.7. The molecule has 0 radical (unpaired) electrons. The Morgan fingerprint density at radius 2 is 2.20 bits per heavy atom. The lowest BCUT2D eigenvalue weighted by atomic mass is 10.1. The van der Waals surface area contributed by atoms with Crippen molar-refractivity contribution in [3.05, 3.63) is 0 Å². The zero-order chi connectivity index (χ0) is 11.7. The van der Waals surface area contributed by atoms with E-state index in [1.165, 1.54) is 11.8 Å². The van der Waals surface area contributed by atoms with Crippen LogP contribution in [0.4, 0.5) is 0 Å². The van der Waals surface area contributed by atoms with Gasteiger partial charge in [-0.25, -0.2) is 0 Å². The molecule has 0 bridgehead atoms. The van der Waals surface area contributed by atoms with Crippen LogP contribution >= 0.6 is 11.8 Å². The first-order valence-electron chi connectivity index (χ1n) is 5.08. The van der Waals surface area contributed by atoms with Crippen LogP contribution in [0.5, 0.6) is 0 Å². The van der Waals surface area contributed by atoms with E-state index in [0.717, 1.165) is 5.75 Å². The van der Waals surface area contributed by atoms with Gasteiger partial charge in [0.25, 0.3) is 0 Å². The molecule has 0 heterocycles. The van der Waals surface area contributed by atoms with E-state index in [2.05, 4.69) is 5.32 Å². The molecule has 90 valence electrons. The number of carbonyl (C=O) groups is 1. The number of amides is 1. The third kappa shape index (κ3) is 7.64. The molecule has 1 unspecified atom stereocenters. The molecule has 5 heteroatoms. The van der Waals surface area contributed by atoms with Crippen LogP contribution in [0.15, 0.2) is 0 Å². The van der Waals surface area contributed by atoms with E-state index in [4.69, 9.17) is 9.84 Å². The minimum atomic E-state index is -0.138. The predicted octanol–water partition coefficient (Wildman–Crippen LogP) is 0.499. The summed E-state index contributed by atoms with van der Waals surface area (Å²) in [5, 5.41) is 11.8. The largest absolute Gasteiger partial charge is 0.394 e. The van der Waals surface area contributed by atoms with Crippen LogP contribution < -0.4 is 5.32 Å². The molecule has 0 aliphatic rings. The van der Waals surface area contributed by atoms with E-state index in [1.54, 1.807) is 7.11 Å². The van der Waals surface area contributed by atoms with Gasteiger partial charge in [-0.15, -0.1) is 11.8 Å². The van der Waals surface area contributed by atoms with Gasteiger partial charge in [0.2, 0.25) is 5.91 Å². The molecule has 15 heavy (non-hydrogen) atoms. The topological polar surface area (TPSA) is 58.6 Å². The van der Waals surface area contributed by atoms with Crippen molar-refractivity contribution >= 4 is 17.7 Å². The second-order valence-electron chi connectivity index (χ2n) is 3.65. The molecular weight excluding hydrogens is 214 g/mol. The van der Waals surface area contributed by atoms with Crippen molar-refractivity contribution < 1.29 is 14.6 Å². The first-order chi connectivity index (χ1) is 7.11. The zero-order valence-electron chi connectivity index (χ0n) is 9.66. The van der Waals surface area contributed by atoms with Crippen molar-refractivity contribution in [2.24, 2.45) is 5.92 Å². The summed E-state index contributed by atoms with van der Waals surface area (Å²) in [6.07, 6.45) is 0. The summed E-state index contributed by atoms with van der Waals surface area (Å²) < 4.78 is 4.87. The third-order valence-corrected chi connectivity index (χ3v) is 2.93. The van der Waals surface area contributed by atoms with E-state index in [9.17, 15) is 4.79 Å². The maximum Gasteiger partial charge on any atom is 0.230 e. The summed E-state index contributed by atoms with van der Waals surface area (Å²) in [5.41, 5.74) is 0. The minimum Gasteiger partial charge on any atom is -0.394 e. The van der Waals surface area contributed by atoms with Crippen molar-refractivity contribution in [1.82, 2.24) is 5.32 Å². The van der Waals surface area contributed by atoms with Crippen LogP contribution in [-0.2, 0) is 9.53 Å². The molecule has 2 N–H and O–H groups in total. The van der Waals surface area contributed by atoms with Gasteiger partial charge in [-0.05, 0) is 5.92 Å². The van der Waals surface area contributed by atoms with Crippen LogP contribution in [0.1, 0.15) is 13.8 Å². The van der Waals surface area contributed by atoms with E-state index >= 15 is 0 Å². The van der Waals surface area contributed by atoms with Gasteiger partial charge in [0.05, 0.1) is 25.0 Å². The van der Waals surface area contributed by atoms with Gasteiger partial charge in [0.15, 0.2) is 0 Å². The second-order valence-corrected chi connectivity index (χ2v) is 4.75. The number of aliphatic hydroxyl groups excluding tert-OH is 1. The lowest BCUT2D eigenvalue weighted by molar-refractivity contribution is -0.119. The lowest BCUT2D eigenvalue weighted by Gasteiger charge is -2.19. The molecule has 0 aromatic rings. The molecule has 0 aliphatic carbocycles. The quantitative estimate of drug-likeness (QED) is 0.602. The number of aliphatic hydroxyl groups is 1. The highest BCUT2D eigenvalue weighted by molar-refractivity contribution is 7.99. The molecule has 0 aromatic heterocycles. The summed E-state index contributed by atoms with van der Waals surface area (Å²) in [5.74, 6) is 1.47. The van der Waals surface area contributed by atoms with E-state index in [0.29, 0.717) is 12.4 Å². The Kier molecular flexibility index (Phi) is 8.85. The Bertz CT molecular complexity index is 176. The van der Waals surface area contributed by atoms with Gasteiger partial charge in [-0.2, -0.15) is 0 Å². The molecule has 0 aromatic carbocycles. The maximum absolute atomic E-state index is 11.4. The van der Waals surface area contributed by atoms with Crippen molar-refractivity contribution in [3.8, 4) is 0 Å². The molecule has 0 aliphatic heterocycles. The average molecular weight is 235 g/mol. The van der Waals surface area contributed by atoms with Crippen molar-refractivity contribution in [3.63, 3.8) is 0 Å². The van der Waals surface area contributed by atoms with E-state index in [-0.39, 0.29) is 24.5 Å². The van der Waals surface area contributed by atoms with Gasteiger partial charge in [-0.3, -0.25) is 4.79 Å². The number of hydrogen-bond donors (Lipinski definition) is 2. The van der Waals surface area contributed by atoms with E-state index in [1.807, 2.05) is 13.8 Å². The lowest BCUT2D eigenvalue weighted by Crippen LogP contribution is -2.42. The Hall–Kier alpha value is -0.260. The Balaban J connectivity index is 3.62. The van der Waals surface area contributed by atoms with Gasteiger partial charge in [0.1, 0.15) is 0 Å². The summed E-state index contributed by atoms with van der Waals surface area (Å²) in [6, 6.07) is -0.138. The van der Waals surface area contributed by atoms with Crippen LogP contribution in [0.2, 0.25) is 0 Å². The first-order valence-corrected chi connectivity index (χ1v) is 6.24. The smallest absolute Gasteiger partial charge is 0.230 e. The molecule has 0 saturated carbocycles. The maximum atomic E-state index is 11.4. The van der Waals surface area contributed by atoms with Gasteiger partial charge >= 0.3 is 0 Å². The van der Waals surface area contributed by atoms with Crippen molar-refractivity contribution in [2.45, 2.75) is 19.9 Å². The normalized spacial score (nSPS) is 12.9. The average Bonchev–Trinajstić information content (AvgIpc) is 2.20. The monoisotopic (exact) mass is 235 g/mol. The van der Waals surface area contributed by atoms with Gasteiger partial charge in [0, 0.05) is 12.9 Å². The molecule has 4 nitrogen and oxygen atoms in total. The molecule has 1 amide bonds. The minimum absolute atomic E-state index is 0.00779. The summed E-state index contributed by atoms with van der Waals surface area (Å²) in [4.78, 5) is 11.4. The molecule has 1 atom stereocenters. The fourth-order valence-electron chi connectivity index (χ4n) is 0.979. The number of rotatable bonds is 8. The van der Waals surface area contributed by atoms with Crippen molar-refractivity contribution in [2.75, 3.05) is 31.8 Å². The van der Waals surface area contributed by atoms with Crippen LogP contribution in [0.25, 0.3) is 0 Å². The number of carbonyl (C=O) groups excluding carboxylic acids is 1. The number of ether oxygens (including phenoxy) is 1. The fraction of sp³-hybridized carbons (Fsp3) is 0.900. The molecule has 0 fully saturated rings. The summed E-state index contributed by atoms with van der Waals surface area (Å²) >= 11 is 1.53. The second kappa shape index (κ2) is 9.00. The standard InChI is InChI=1S/C10H21NO3S/c1-8(2)9(6-12)11-10(13)7-15-5-4-14-3/h8-9,12H,4-7H2,1-3H3,(H,11,13). The number of hydrogen-bond acceptors (Lipinski definition) is 4. The summed E-state index contributed by atoms with van der Waals surface area (Å²) in [7, 11) is 1.64. The Morgan fingerprint density at radius 1 is 1.53 bits per heavy atom. The van der Waals surface area contributed by atoms with Crippen LogP contribution in [0, 0.1) is 5.92 Å². The predicted molar refractivity (Wildman–Crippen MR) is 63.1 cm³/mol. The van der Waals surface area contributed by atoms with Gasteiger partial charge < -0.3 is 15.2 Å². The van der Waals surface area contributed by atoms with Crippen molar-refractivity contribution in [1.29, 1.82) is 0 Å². The van der Waals surface area contributed by atoms with Gasteiger partial charge in [-0.1, -0.05) is 13.8 Å². The van der Waals surface area contributed by atoms with Crippen LogP contribution in [-0.4, -0.2) is 48.9 Å². The highest BCUT2D eigenvalue weighted by atomic mass is 32.2. The third-order valence-electron chi connectivity index (χ3n) is 2.01. The number of thioether (sulfide) groups is 1. The highest BCUT2D eigenvalue weighted by Gasteiger charge is 2.14. The molecule has 0 rings (SSSR count). The number of methoxy groups -OCH3 is 1. The molecule has 0 spiro atoms.